The number of hydrogen-bond donors (Lipinski definition) is 1. The zero-order valence-electron chi connectivity index (χ0n) is 15.8. The number of nitrogens with zero attached hydrogens (tertiary/aromatic N) is 5. The standard InChI is InChI=1S/C20H23N5O2S/c1-14-11-15(22-12-16(14)21-2)17(26)13-24-8-4-20(5-9-24)6-10-25(19(20)27)18-3-7-23-28-18/h3,7,11-12,17,26H,4-6,8-10,13H2,1H3/t17-/m0/s1. The number of pyridine rings is 1. The van der Waals surface area contributed by atoms with E-state index in [4.69, 9.17) is 6.57 Å². The molecule has 7 nitrogen and oxygen atoms in total. The number of aliphatic hydroxyl groups is 1. The van der Waals surface area contributed by atoms with Gasteiger partial charge in [0, 0.05) is 25.5 Å². The fraction of sp³-hybridized carbons (Fsp3) is 0.500. The number of hydrogen-bond acceptors (Lipinski definition) is 6. The molecule has 1 atom stereocenters. The Balaban J connectivity index is 1.36. The molecule has 0 aliphatic carbocycles. The topological polar surface area (TPSA) is 73.9 Å². The molecule has 1 spiro atoms. The van der Waals surface area contributed by atoms with E-state index >= 15 is 0 Å². The van der Waals surface area contributed by atoms with E-state index < -0.39 is 6.10 Å². The van der Waals surface area contributed by atoms with E-state index in [0.29, 0.717) is 17.9 Å². The van der Waals surface area contributed by atoms with Crippen LogP contribution in [0.15, 0.2) is 24.5 Å². The summed E-state index contributed by atoms with van der Waals surface area (Å²) in [5.41, 5.74) is 1.67. The fourth-order valence-electron chi connectivity index (χ4n) is 4.21. The molecule has 2 saturated heterocycles. The van der Waals surface area contributed by atoms with Gasteiger partial charge in [-0.2, -0.15) is 4.37 Å². The number of β-amino-alcohol motifs (C(OH)–C–C–N with tert-alkyl or cyclic N) is 1. The van der Waals surface area contributed by atoms with E-state index in [1.165, 1.54) is 17.7 Å². The van der Waals surface area contributed by atoms with Crippen molar-refractivity contribution >= 4 is 28.1 Å². The second-order valence-electron chi connectivity index (χ2n) is 7.66. The number of aliphatic hydroxyl groups excluding tert-OH is 1. The Hall–Kier alpha value is -2.34. The van der Waals surface area contributed by atoms with Crippen LogP contribution in [0.3, 0.4) is 0 Å². The lowest BCUT2D eigenvalue weighted by Crippen LogP contribution is -2.45. The summed E-state index contributed by atoms with van der Waals surface area (Å²) in [5.74, 6) is 0.226. The molecule has 4 heterocycles. The number of carbonyl (C=O) groups is 1. The molecule has 1 amide bonds. The maximum absolute atomic E-state index is 13.0. The lowest BCUT2D eigenvalue weighted by molar-refractivity contribution is -0.128. The number of amides is 1. The van der Waals surface area contributed by atoms with Crippen LogP contribution in [-0.4, -0.2) is 51.5 Å². The van der Waals surface area contributed by atoms with Gasteiger partial charge in [0.15, 0.2) is 0 Å². The molecular weight excluding hydrogens is 374 g/mol. The first-order chi connectivity index (χ1) is 13.5. The number of carbonyl (C=O) groups excluding carboxylic acids is 1. The van der Waals surface area contributed by atoms with Gasteiger partial charge in [-0.25, -0.2) is 4.85 Å². The van der Waals surface area contributed by atoms with Crippen molar-refractivity contribution < 1.29 is 9.90 Å². The maximum atomic E-state index is 13.0. The molecular formula is C20H23N5O2S. The van der Waals surface area contributed by atoms with E-state index in [1.54, 1.807) is 12.3 Å². The Kier molecular flexibility index (Phi) is 5.15. The van der Waals surface area contributed by atoms with Crippen molar-refractivity contribution in [3.63, 3.8) is 0 Å². The molecule has 0 aromatic carbocycles. The molecule has 8 heteroatoms. The Labute approximate surface area is 168 Å². The normalized spacial score (nSPS) is 20.5. The molecule has 2 fully saturated rings. The molecule has 4 rings (SSSR count). The lowest BCUT2D eigenvalue weighted by Gasteiger charge is -2.38. The summed E-state index contributed by atoms with van der Waals surface area (Å²) in [6.45, 7) is 11.8. The molecule has 0 saturated carbocycles. The molecule has 0 unspecified atom stereocenters. The number of likely N-dealkylation sites (tertiary alicyclic amines) is 1. The van der Waals surface area contributed by atoms with E-state index in [0.717, 1.165) is 49.5 Å². The van der Waals surface area contributed by atoms with Crippen molar-refractivity contribution in [2.24, 2.45) is 5.41 Å². The van der Waals surface area contributed by atoms with E-state index in [9.17, 15) is 9.90 Å². The summed E-state index contributed by atoms with van der Waals surface area (Å²) in [7, 11) is 0. The van der Waals surface area contributed by atoms with Crippen LogP contribution < -0.4 is 4.90 Å². The van der Waals surface area contributed by atoms with Crippen LogP contribution in [0.5, 0.6) is 0 Å². The first kappa shape index (κ1) is 19.0. The minimum Gasteiger partial charge on any atom is -0.385 e. The molecule has 0 bridgehead atoms. The average Bonchev–Trinajstić information content (AvgIpc) is 3.33. The predicted molar refractivity (Wildman–Crippen MR) is 107 cm³/mol. The van der Waals surface area contributed by atoms with Crippen molar-refractivity contribution in [3.05, 3.63) is 47.2 Å². The lowest BCUT2D eigenvalue weighted by atomic mass is 9.77. The van der Waals surface area contributed by atoms with E-state index in [1.807, 2.05) is 17.9 Å². The average molecular weight is 398 g/mol. The van der Waals surface area contributed by atoms with Crippen molar-refractivity contribution in [2.45, 2.75) is 32.3 Å². The summed E-state index contributed by atoms with van der Waals surface area (Å²) in [5, 5.41) is 11.5. The quantitative estimate of drug-likeness (QED) is 0.803. The second kappa shape index (κ2) is 7.59. The van der Waals surface area contributed by atoms with E-state index in [-0.39, 0.29) is 11.3 Å². The first-order valence-electron chi connectivity index (χ1n) is 9.49. The highest BCUT2D eigenvalue weighted by molar-refractivity contribution is 7.10. The van der Waals surface area contributed by atoms with Crippen LogP contribution in [0.25, 0.3) is 4.85 Å². The molecule has 0 radical (unpaired) electrons. The monoisotopic (exact) mass is 397 g/mol. The van der Waals surface area contributed by atoms with Gasteiger partial charge >= 0.3 is 0 Å². The highest BCUT2D eigenvalue weighted by Crippen LogP contribution is 2.43. The highest BCUT2D eigenvalue weighted by atomic mass is 32.1. The Bertz CT molecular complexity index is 900. The molecule has 2 aliphatic heterocycles. The predicted octanol–water partition coefficient (Wildman–Crippen LogP) is 2.95. The number of rotatable bonds is 4. The molecule has 2 aromatic rings. The summed E-state index contributed by atoms with van der Waals surface area (Å²) >= 11 is 1.37. The molecule has 2 aliphatic rings. The van der Waals surface area contributed by atoms with Gasteiger partial charge in [0.05, 0.1) is 17.7 Å². The zero-order valence-corrected chi connectivity index (χ0v) is 16.7. The largest absolute Gasteiger partial charge is 0.385 e. The van der Waals surface area contributed by atoms with Crippen LogP contribution >= 0.6 is 11.5 Å². The summed E-state index contributed by atoms with van der Waals surface area (Å²) in [6.07, 6.45) is 5.09. The maximum Gasteiger partial charge on any atom is 0.234 e. The molecule has 2 aromatic heterocycles. The molecule has 28 heavy (non-hydrogen) atoms. The molecule has 146 valence electrons. The minimum atomic E-state index is -0.694. The van der Waals surface area contributed by atoms with Crippen molar-refractivity contribution in [1.29, 1.82) is 0 Å². The smallest absolute Gasteiger partial charge is 0.234 e. The van der Waals surface area contributed by atoms with Crippen LogP contribution in [0, 0.1) is 18.9 Å². The minimum absolute atomic E-state index is 0.226. The Morgan fingerprint density at radius 2 is 2.11 bits per heavy atom. The van der Waals surface area contributed by atoms with Gasteiger partial charge in [-0.15, -0.1) is 0 Å². The van der Waals surface area contributed by atoms with Crippen molar-refractivity contribution in [2.75, 3.05) is 31.1 Å². The number of piperidine rings is 1. The van der Waals surface area contributed by atoms with E-state index in [2.05, 4.69) is 19.1 Å². The van der Waals surface area contributed by atoms with Gasteiger partial charge in [0.2, 0.25) is 11.6 Å². The van der Waals surface area contributed by atoms with Gasteiger partial charge in [-0.3, -0.25) is 9.78 Å². The third-order valence-corrected chi connectivity index (χ3v) is 6.78. The SMILES string of the molecule is [C-]#[N+]c1cnc([C@@H](O)CN2CCC3(CC2)CCN(c2ccns2)C3=O)cc1C. The third-order valence-electron chi connectivity index (χ3n) is 6.01. The van der Waals surface area contributed by atoms with Gasteiger partial charge in [-0.05, 0) is 68.5 Å². The van der Waals surface area contributed by atoms with Gasteiger partial charge in [-0.1, -0.05) is 0 Å². The highest BCUT2D eigenvalue weighted by Gasteiger charge is 2.48. The number of aryl methyl sites for hydroxylation is 1. The van der Waals surface area contributed by atoms with Gasteiger partial charge in [0.25, 0.3) is 0 Å². The number of aromatic nitrogens is 2. The second-order valence-corrected chi connectivity index (χ2v) is 8.47. The summed E-state index contributed by atoms with van der Waals surface area (Å²) < 4.78 is 4.11. The Morgan fingerprint density at radius 1 is 1.36 bits per heavy atom. The van der Waals surface area contributed by atoms with Gasteiger partial charge < -0.3 is 14.9 Å². The summed E-state index contributed by atoms with van der Waals surface area (Å²) in [6, 6.07) is 3.69. The summed E-state index contributed by atoms with van der Waals surface area (Å²) in [4.78, 5) is 24.8. The third kappa shape index (κ3) is 3.41. The van der Waals surface area contributed by atoms with Crippen LogP contribution in [0.4, 0.5) is 10.7 Å². The fourth-order valence-corrected chi connectivity index (χ4v) is 4.84. The van der Waals surface area contributed by atoms with Crippen LogP contribution in [-0.2, 0) is 4.79 Å². The zero-order chi connectivity index (χ0) is 19.7. The van der Waals surface area contributed by atoms with Gasteiger partial charge in [0.1, 0.15) is 11.1 Å². The number of anilines is 1. The van der Waals surface area contributed by atoms with Crippen LogP contribution in [0.2, 0.25) is 0 Å². The van der Waals surface area contributed by atoms with Crippen molar-refractivity contribution in [1.82, 2.24) is 14.3 Å². The Morgan fingerprint density at radius 3 is 2.75 bits per heavy atom. The van der Waals surface area contributed by atoms with Crippen LogP contribution in [0.1, 0.15) is 36.6 Å². The molecule has 1 N–H and O–H groups in total. The first-order valence-corrected chi connectivity index (χ1v) is 10.3. The van der Waals surface area contributed by atoms with Crippen molar-refractivity contribution in [3.8, 4) is 0 Å².